The Labute approximate surface area is 91.2 Å². The van der Waals surface area contributed by atoms with E-state index < -0.39 is 0 Å². The van der Waals surface area contributed by atoms with E-state index in [2.05, 4.69) is 32.8 Å². The minimum absolute atomic E-state index is 0.711. The van der Waals surface area contributed by atoms with Gasteiger partial charge in [0, 0.05) is 13.0 Å². The highest BCUT2D eigenvalue weighted by atomic mass is 79.9. The topological polar surface area (TPSA) is 17.8 Å². The van der Waals surface area contributed by atoms with E-state index >= 15 is 0 Å². The molecule has 1 aliphatic rings. The number of aryl methyl sites for hydroxylation is 1. The minimum Gasteiger partial charge on any atom is -0.271 e. The smallest absolute Gasteiger partial charge is 0.0635 e. The van der Waals surface area contributed by atoms with E-state index in [1.807, 2.05) is 17.9 Å². The molecular weight excluding hydrogens is 248 g/mol. The zero-order valence-electron chi connectivity index (χ0n) is 7.66. The van der Waals surface area contributed by atoms with Gasteiger partial charge in [-0.15, -0.1) is 0 Å². The van der Waals surface area contributed by atoms with Crippen molar-refractivity contribution < 1.29 is 0 Å². The van der Waals surface area contributed by atoms with Crippen LogP contribution in [0.2, 0.25) is 0 Å². The summed E-state index contributed by atoms with van der Waals surface area (Å²) >= 11 is 5.63. The summed E-state index contributed by atoms with van der Waals surface area (Å²) in [5.74, 6) is 3.30. The third kappa shape index (κ3) is 1.94. The summed E-state index contributed by atoms with van der Waals surface area (Å²) in [5, 5.41) is 4.25. The molecule has 0 atom stereocenters. The minimum atomic E-state index is 0.711. The predicted molar refractivity (Wildman–Crippen MR) is 60.2 cm³/mol. The normalized spacial score (nSPS) is 19.2. The van der Waals surface area contributed by atoms with Gasteiger partial charge in [-0.1, -0.05) is 0 Å². The monoisotopic (exact) mass is 260 g/mol. The lowest BCUT2D eigenvalue weighted by atomic mass is 9.99. The van der Waals surface area contributed by atoms with E-state index in [9.17, 15) is 0 Å². The first-order valence-electron chi connectivity index (χ1n) is 4.54. The molecule has 0 aromatic carbocycles. The lowest BCUT2D eigenvalue weighted by molar-refractivity contribution is 0.568. The van der Waals surface area contributed by atoms with Crippen molar-refractivity contribution in [2.75, 3.05) is 11.5 Å². The molecule has 0 bridgehead atoms. The van der Waals surface area contributed by atoms with E-state index in [-0.39, 0.29) is 0 Å². The van der Waals surface area contributed by atoms with E-state index in [0.717, 1.165) is 0 Å². The van der Waals surface area contributed by atoms with Crippen LogP contribution in [0.15, 0.2) is 10.7 Å². The van der Waals surface area contributed by atoms with Gasteiger partial charge < -0.3 is 0 Å². The number of hydrogen-bond donors (Lipinski definition) is 0. The zero-order chi connectivity index (χ0) is 9.26. The van der Waals surface area contributed by atoms with Gasteiger partial charge in [0.25, 0.3) is 0 Å². The lowest BCUT2D eigenvalue weighted by Crippen LogP contribution is -2.12. The molecule has 0 aliphatic carbocycles. The Hall–Kier alpha value is 0.0400. The van der Waals surface area contributed by atoms with Crippen molar-refractivity contribution in [3.05, 3.63) is 16.4 Å². The van der Waals surface area contributed by atoms with Crippen LogP contribution in [0.5, 0.6) is 0 Å². The first-order valence-corrected chi connectivity index (χ1v) is 6.49. The van der Waals surface area contributed by atoms with Gasteiger partial charge in [0.1, 0.15) is 0 Å². The third-order valence-electron chi connectivity index (χ3n) is 2.55. The number of aromatic nitrogens is 2. The standard InChI is InChI=1S/C9H13BrN2S/c1-12-9(8(10)6-11-12)7-2-4-13-5-3-7/h6-7H,2-5H2,1H3. The molecule has 1 saturated heterocycles. The Morgan fingerprint density at radius 3 is 2.77 bits per heavy atom. The summed E-state index contributed by atoms with van der Waals surface area (Å²) in [6.07, 6.45) is 4.49. The molecule has 1 aromatic rings. The molecule has 0 saturated carbocycles. The van der Waals surface area contributed by atoms with Crippen LogP contribution in [0, 0.1) is 0 Å². The quantitative estimate of drug-likeness (QED) is 0.773. The summed E-state index contributed by atoms with van der Waals surface area (Å²) in [5.41, 5.74) is 1.38. The molecule has 0 unspecified atom stereocenters. The Morgan fingerprint density at radius 1 is 1.54 bits per heavy atom. The summed E-state index contributed by atoms with van der Waals surface area (Å²) in [4.78, 5) is 0. The third-order valence-corrected chi connectivity index (χ3v) is 4.21. The Bertz CT molecular complexity index is 272. The molecule has 1 aromatic heterocycles. The fourth-order valence-corrected chi connectivity index (χ4v) is 3.63. The van der Waals surface area contributed by atoms with Crippen molar-refractivity contribution in [3.8, 4) is 0 Å². The number of rotatable bonds is 1. The fourth-order valence-electron chi connectivity index (χ4n) is 1.85. The lowest BCUT2D eigenvalue weighted by Gasteiger charge is -2.21. The van der Waals surface area contributed by atoms with Gasteiger partial charge in [-0.05, 0) is 40.3 Å². The molecule has 4 heteroatoms. The van der Waals surface area contributed by atoms with E-state index in [4.69, 9.17) is 0 Å². The van der Waals surface area contributed by atoms with Gasteiger partial charge in [0.2, 0.25) is 0 Å². The average molecular weight is 261 g/mol. The van der Waals surface area contributed by atoms with E-state index in [1.165, 1.54) is 34.5 Å². The first kappa shape index (κ1) is 9.59. The SMILES string of the molecule is Cn1ncc(Br)c1C1CCSCC1. The van der Waals surface area contributed by atoms with Crippen molar-refractivity contribution in [2.45, 2.75) is 18.8 Å². The second-order valence-corrected chi connectivity index (χ2v) is 5.47. The summed E-state index contributed by atoms with van der Waals surface area (Å²) in [6.45, 7) is 0. The van der Waals surface area contributed by atoms with Gasteiger partial charge in [0.15, 0.2) is 0 Å². The van der Waals surface area contributed by atoms with Crippen molar-refractivity contribution in [1.29, 1.82) is 0 Å². The largest absolute Gasteiger partial charge is 0.271 e. The molecule has 2 heterocycles. The first-order chi connectivity index (χ1) is 6.29. The molecule has 1 fully saturated rings. The zero-order valence-corrected chi connectivity index (χ0v) is 10.1. The Balaban J connectivity index is 2.22. The highest BCUT2D eigenvalue weighted by molar-refractivity contribution is 9.10. The van der Waals surface area contributed by atoms with Crippen LogP contribution < -0.4 is 0 Å². The molecule has 2 nitrogen and oxygen atoms in total. The molecule has 0 N–H and O–H groups in total. The maximum absolute atomic E-state index is 4.25. The van der Waals surface area contributed by atoms with Crippen LogP contribution in [0.3, 0.4) is 0 Å². The Morgan fingerprint density at radius 2 is 2.23 bits per heavy atom. The predicted octanol–water partition coefficient (Wildman–Crippen LogP) is 2.79. The fraction of sp³-hybridized carbons (Fsp3) is 0.667. The highest BCUT2D eigenvalue weighted by Crippen LogP contribution is 2.34. The van der Waals surface area contributed by atoms with Crippen molar-refractivity contribution in [3.63, 3.8) is 0 Å². The number of thioether (sulfide) groups is 1. The van der Waals surface area contributed by atoms with Crippen LogP contribution in [0.4, 0.5) is 0 Å². The maximum atomic E-state index is 4.25. The van der Waals surface area contributed by atoms with Crippen LogP contribution in [0.25, 0.3) is 0 Å². The summed E-state index contributed by atoms with van der Waals surface area (Å²) < 4.78 is 3.18. The van der Waals surface area contributed by atoms with Gasteiger partial charge in [-0.25, -0.2) is 0 Å². The van der Waals surface area contributed by atoms with Gasteiger partial charge >= 0.3 is 0 Å². The highest BCUT2D eigenvalue weighted by Gasteiger charge is 2.21. The number of hydrogen-bond acceptors (Lipinski definition) is 2. The molecular formula is C9H13BrN2S. The molecule has 0 amide bonds. The molecule has 0 radical (unpaired) electrons. The maximum Gasteiger partial charge on any atom is 0.0635 e. The molecule has 2 rings (SSSR count). The molecule has 0 spiro atoms. The van der Waals surface area contributed by atoms with Gasteiger partial charge in [0.05, 0.1) is 16.4 Å². The van der Waals surface area contributed by atoms with Gasteiger partial charge in [-0.3, -0.25) is 4.68 Å². The van der Waals surface area contributed by atoms with Crippen LogP contribution >= 0.6 is 27.7 Å². The van der Waals surface area contributed by atoms with Gasteiger partial charge in [-0.2, -0.15) is 16.9 Å². The van der Waals surface area contributed by atoms with Crippen LogP contribution in [-0.4, -0.2) is 21.3 Å². The second-order valence-electron chi connectivity index (χ2n) is 3.39. The van der Waals surface area contributed by atoms with Crippen LogP contribution in [-0.2, 0) is 7.05 Å². The molecule has 1 aliphatic heterocycles. The number of nitrogens with zero attached hydrogens (tertiary/aromatic N) is 2. The average Bonchev–Trinajstić information content (AvgIpc) is 2.48. The second kappa shape index (κ2) is 4.05. The number of halogens is 1. The summed E-state index contributed by atoms with van der Waals surface area (Å²) in [7, 11) is 2.03. The summed E-state index contributed by atoms with van der Waals surface area (Å²) in [6, 6.07) is 0. The van der Waals surface area contributed by atoms with Crippen molar-refractivity contribution in [2.24, 2.45) is 7.05 Å². The Kier molecular flexibility index (Phi) is 2.99. The van der Waals surface area contributed by atoms with Crippen molar-refractivity contribution in [1.82, 2.24) is 9.78 Å². The van der Waals surface area contributed by atoms with E-state index in [1.54, 1.807) is 0 Å². The molecule has 13 heavy (non-hydrogen) atoms. The van der Waals surface area contributed by atoms with E-state index in [0.29, 0.717) is 5.92 Å². The van der Waals surface area contributed by atoms with Crippen molar-refractivity contribution >= 4 is 27.7 Å². The van der Waals surface area contributed by atoms with Crippen LogP contribution in [0.1, 0.15) is 24.5 Å². The molecule has 72 valence electrons.